The first-order chi connectivity index (χ1) is 13.1. The molecule has 0 radical (unpaired) electrons. The smallest absolute Gasteiger partial charge is 0.292 e. The normalized spacial score (nSPS) is 15.9. The number of rotatable bonds is 6. The topological polar surface area (TPSA) is 111 Å². The molecule has 2 aromatic carbocycles. The summed E-state index contributed by atoms with van der Waals surface area (Å²) in [7, 11) is 0. The van der Waals surface area contributed by atoms with E-state index in [1.807, 2.05) is 30.3 Å². The first-order valence-electron chi connectivity index (χ1n) is 8.75. The molecule has 1 saturated heterocycles. The number of benzene rings is 2. The van der Waals surface area contributed by atoms with Crippen LogP contribution in [0, 0.1) is 10.1 Å². The summed E-state index contributed by atoms with van der Waals surface area (Å²) < 4.78 is 5.42. The molecule has 3 rings (SSSR count). The molecule has 27 heavy (non-hydrogen) atoms. The molecule has 1 fully saturated rings. The van der Waals surface area contributed by atoms with Crippen molar-refractivity contribution >= 4 is 17.3 Å². The van der Waals surface area contributed by atoms with E-state index < -0.39 is 4.92 Å². The van der Waals surface area contributed by atoms with E-state index in [1.54, 1.807) is 0 Å². The molecule has 1 amide bonds. The summed E-state index contributed by atoms with van der Waals surface area (Å²) in [5.41, 5.74) is 6.67. The molecule has 8 heteroatoms. The number of nitro benzene ring substituents is 1. The van der Waals surface area contributed by atoms with Gasteiger partial charge in [-0.1, -0.05) is 30.3 Å². The first-order valence-corrected chi connectivity index (χ1v) is 8.75. The summed E-state index contributed by atoms with van der Waals surface area (Å²) in [6, 6.07) is 14.0. The first kappa shape index (κ1) is 18.8. The van der Waals surface area contributed by atoms with Gasteiger partial charge in [0.05, 0.1) is 24.2 Å². The van der Waals surface area contributed by atoms with Gasteiger partial charge in [-0.2, -0.15) is 0 Å². The summed E-state index contributed by atoms with van der Waals surface area (Å²) in [5.74, 6) is -0.368. The predicted molar refractivity (Wildman–Crippen MR) is 101 cm³/mol. The molecule has 1 atom stereocenters. The molecule has 0 aromatic heterocycles. The molecule has 1 unspecified atom stereocenters. The molecule has 0 aliphatic carbocycles. The number of carbonyl (C=O) groups excluding carboxylic acids is 1. The molecular formula is C19H22N4O4. The maximum atomic E-state index is 12.5. The third kappa shape index (κ3) is 4.60. The van der Waals surface area contributed by atoms with E-state index in [2.05, 4.69) is 10.2 Å². The molecule has 142 valence electrons. The number of hydrogen-bond donors (Lipinski definition) is 2. The lowest BCUT2D eigenvalue weighted by molar-refractivity contribution is -0.383. The number of nitro groups is 1. The van der Waals surface area contributed by atoms with Gasteiger partial charge < -0.3 is 15.8 Å². The minimum absolute atomic E-state index is 0.00261. The highest BCUT2D eigenvalue weighted by Gasteiger charge is 2.24. The van der Waals surface area contributed by atoms with Crippen LogP contribution in [0.2, 0.25) is 0 Å². The van der Waals surface area contributed by atoms with Crippen LogP contribution in [-0.4, -0.2) is 48.6 Å². The summed E-state index contributed by atoms with van der Waals surface area (Å²) in [6.07, 6.45) is 0. The van der Waals surface area contributed by atoms with Gasteiger partial charge in [0.1, 0.15) is 5.69 Å². The lowest BCUT2D eigenvalue weighted by Crippen LogP contribution is -2.43. The van der Waals surface area contributed by atoms with Crippen LogP contribution in [0.25, 0.3) is 0 Å². The largest absolute Gasteiger partial charge is 0.393 e. The number of nitrogens with one attached hydrogen (secondary N) is 1. The van der Waals surface area contributed by atoms with Crippen LogP contribution in [0.1, 0.15) is 22.0 Å². The van der Waals surface area contributed by atoms with Gasteiger partial charge in [-0.05, 0) is 17.7 Å². The Kier molecular flexibility index (Phi) is 6.00. The quantitative estimate of drug-likeness (QED) is 0.457. The molecule has 8 nitrogen and oxygen atoms in total. The summed E-state index contributed by atoms with van der Waals surface area (Å²) in [5, 5.41) is 13.9. The maximum absolute atomic E-state index is 12.5. The van der Waals surface area contributed by atoms with Gasteiger partial charge in [0, 0.05) is 31.3 Å². The van der Waals surface area contributed by atoms with Crippen molar-refractivity contribution in [3.63, 3.8) is 0 Å². The molecule has 0 saturated carbocycles. The average molecular weight is 370 g/mol. The second-order valence-corrected chi connectivity index (χ2v) is 6.32. The summed E-state index contributed by atoms with van der Waals surface area (Å²) >= 11 is 0. The molecule has 1 aliphatic rings. The van der Waals surface area contributed by atoms with Gasteiger partial charge in [0.25, 0.3) is 11.6 Å². The second-order valence-electron chi connectivity index (χ2n) is 6.32. The van der Waals surface area contributed by atoms with Gasteiger partial charge >= 0.3 is 0 Å². The highest BCUT2D eigenvalue weighted by atomic mass is 16.6. The molecule has 0 spiro atoms. The van der Waals surface area contributed by atoms with Crippen molar-refractivity contribution in [2.75, 3.05) is 38.6 Å². The molecule has 2 aromatic rings. The van der Waals surface area contributed by atoms with Crippen molar-refractivity contribution in [3.05, 3.63) is 69.8 Å². The van der Waals surface area contributed by atoms with Gasteiger partial charge in [-0.25, -0.2) is 0 Å². The maximum Gasteiger partial charge on any atom is 0.292 e. The van der Waals surface area contributed by atoms with Crippen molar-refractivity contribution in [1.29, 1.82) is 0 Å². The van der Waals surface area contributed by atoms with E-state index in [-0.39, 0.29) is 28.9 Å². The lowest BCUT2D eigenvalue weighted by atomic mass is 10.0. The molecular weight excluding hydrogens is 348 g/mol. The van der Waals surface area contributed by atoms with Crippen molar-refractivity contribution in [2.24, 2.45) is 0 Å². The van der Waals surface area contributed by atoms with Crippen LogP contribution < -0.4 is 11.1 Å². The molecule has 1 aliphatic heterocycles. The molecule has 3 N–H and O–H groups in total. The zero-order valence-electron chi connectivity index (χ0n) is 14.8. The Morgan fingerprint density at radius 2 is 1.93 bits per heavy atom. The van der Waals surface area contributed by atoms with E-state index in [0.29, 0.717) is 19.8 Å². The number of amides is 1. The Labute approximate surface area is 157 Å². The van der Waals surface area contributed by atoms with Crippen LogP contribution in [0.5, 0.6) is 0 Å². The van der Waals surface area contributed by atoms with Gasteiger partial charge in [0.15, 0.2) is 0 Å². The number of nitrogens with two attached hydrogens (primary N) is 1. The van der Waals surface area contributed by atoms with E-state index in [4.69, 9.17) is 10.5 Å². The molecule has 1 heterocycles. The Hall–Kier alpha value is -2.97. The van der Waals surface area contributed by atoms with E-state index in [1.165, 1.54) is 18.2 Å². The fourth-order valence-corrected chi connectivity index (χ4v) is 3.16. The second kappa shape index (κ2) is 8.61. The number of nitrogen functional groups attached to an aromatic ring is 1. The number of ether oxygens (including phenoxy) is 1. The average Bonchev–Trinajstić information content (AvgIpc) is 2.70. The number of carbonyl (C=O) groups is 1. The van der Waals surface area contributed by atoms with Crippen molar-refractivity contribution in [1.82, 2.24) is 10.2 Å². The van der Waals surface area contributed by atoms with Gasteiger partial charge in [-0.15, -0.1) is 0 Å². The lowest BCUT2D eigenvalue weighted by Gasteiger charge is -2.35. The Morgan fingerprint density at radius 1 is 1.22 bits per heavy atom. The SMILES string of the molecule is Nc1ccc(C(=O)NCC(c2ccccc2)N2CCOCC2)cc1[N+](=O)[O-]. The molecule has 0 bridgehead atoms. The zero-order valence-corrected chi connectivity index (χ0v) is 14.8. The standard InChI is InChI=1S/C19H22N4O4/c20-16-7-6-15(12-17(16)23(25)26)19(24)21-13-18(14-4-2-1-3-5-14)22-8-10-27-11-9-22/h1-7,12,18H,8-11,13,20H2,(H,21,24). The number of nitrogens with zero attached hydrogens (tertiary/aromatic N) is 2. The van der Waals surface area contributed by atoms with E-state index in [9.17, 15) is 14.9 Å². The monoisotopic (exact) mass is 370 g/mol. The van der Waals surface area contributed by atoms with Crippen molar-refractivity contribution in [3.8, 4) is 0 Å². The van der Waals surface area contributed by atoms with Gasteiger partial charge in [0.2, 0.25) is 0 Å². The number of hydrogen-bond acceptors (Lipinski definition) is 6. The minimum Gasteiger partial charge on any atom is -0.393 e. The van der Waals surface area contributed by atoms with Crippen LogP contribution >= 0.6 is 0 Å². The van der Waals surface area contributed by atoms with Gasteiger partial charge in [-0.3, -0.25) is 19.8 Å². The number of morpholine rings is 1. The van der Waals surface area contributed by atoms with E-state index >= 15 is 0 Å². The minimum atomic E-state index is -0.591. The summed E-state index contributed by atoms with van der Waals surface area (Å²) in [4.78, 5) is 25.2. The fourth-order valence-electron chi connectivity index (χ4n) is 3.16. The predicted octanol–water partition coefficient (Wildman–Crippen LogP) is 1.98. The van der Waals surface area contributed by atoms with Crippen LogP contribution in [0.15, 0.2) is 48.5 Å². The Bertz CT molecular complexity index is 807. The van der Waals surface area contributed by atoms with Crippen LogP contribution in [0.4, 0.5) is 11.4 Å². The van der Waals surface area contributed by atoms with Crippen LogP contribution in [-0.2, 0) is 4.74 Å². The van der Waals surface area contributed by atoms with E-state index in [0.717, 1.165) is 18.7 Å². The zero-order chi connectivity index (χ0) is 19.2. The Morgan fingerprint density at radius 3 is 2.59 bits per heavy atom. The van der Waals surface area contributed by atoms with Crippen molar-refractivity contribution in [2.45, 2.75) is 6.04 Å². The van der Waals surface area contributed by atoms with Crippen LogP contribution in [0.3, 0.4) is 0 Å². The Balaban J connectivity index is 1.74. The van der Waals surface area contributed by atoms with Crippen molar-refractivity contribution < 1.29 is 14.5 Å². The fraction of sp³-hybridized carbons (Fsp3) is 0.316. The third-order valence-electron chi connectivity index (χ3n) is 4.62. The third-order valence-corrected chi connectivity index (χ3v) is 4.62. The summed E-state index contributed by atoms with van der Waals surface area (Å²) in [6.45, 7) is 3.26. The number of anilines is 1. The highest BCUT2D eigenvalue weighted by Crippen LogP contribution is 2.23. The highest BCUT2D eigenvalue weighted by molar-refractivity contribution is 5.95.